The minimum Gasteiger partial charge on any atom is -0.507 e. The van der Waals surface area contributed by atoms with Gasteiger partial charge in [0.1, 0.15) is 5.75 Å². The summed E-state index contributed by atoms with van der Waals surface area (Å²) < 4.78 is 0. The molecule has 0 radical (unpaired) electrons. The Balaban J connectivity index is 1.89. The number of hydrogen-bond acceptors (Lipinski definition) is 3. The van der Waals surface area contributed by atoms with Crippen LogP contribution in [0.2, 0.25) is 0 Å². The Morgan fingerprint density at radius 2 is 1.75 bits per heavy atom. The van der Waals surface area contributed by atoms with Gasteiger partial charge in [0.15, 0.2) is 0 Å². The van der Waals surface area contributed by atoms with Gasteiger partial charge in [-0.05, 0) is 23.8 Å². The first kappa shape index (κ1) is 13.5. The van der Waals surface area contributed by atoms with Gasteiger partial charge in [0.05, 0.1) is 5.56 Å². The molecule has 4 nitrogen and oxygen atoms in total. The minimum absolute atomic E-state index is 0.0694. The molecule has 0 unspecified atom stereocenters. The van der Waals surface area contributed by atoms with E-state index in [0.717, 1.165) is 5.56 Å². The van der Waals surface area contributed by atoms with E-state index >= 15 is 0 Å². The second kappa shape index (κ2) is 6.89. The van der Waals surface area contributed by atoms with Gasteiger partial charge in [0.2, 0.25) is 0 Å². The zero-order valence-corrected chi connectivity index (χ0v) is 10.7. The third-order valence-corrected chi connectivity index (χ3v) is 2.56. The van der Waals surface area contributed by atoms with E-state index in [2.05, 4.69) is 10.5 Å². The topological polar surface area (TPSA) is 61.7 Å². The van der Waals surface area contributed by atoms with E-state index in [-0.39, 0.29) is 11.3 Å². The largest absolute Gasteiger partial charge is 0.507 e. The fraction of sp³-hybridized carbons (Fsp3) is 0. The van der Waals surface area contributed by atoms with Crippen LogP contribution in [0.15, 0.2) is 65.8 Å². The zero-order chi connectivity index (χ0) is 14.2. The SMILES string of the molecule is O=C(N/N=C\C=C\c1ccccc1)c1ccccc1O. The van der Waals surface area contributed by atoms with E-state index in [1.807, 2.05) is 36.4 Å². The molecular weight excluding hydrogens is 252 g/mol. The number of rotatable bonds is 4. The number of para-hydroxylation sites is 1. The summed E-state index contributed by atoms with van der Waals surface area (Å²) in [5.74, 6) is -0.521. The lowest BCUT2D eigenvalue weighted by molar-refractivity contribution is 0.0952. The second-order valence-electron chi connectivity index (χ2n) is 4.01. The Hall–Kier alpha value is -2.88. The van der Waals surface area contributed by atoms with Crippen LogP contribution in [0.25, 0.3) is 6.08 Å². The van der Waals surface area contributed by atoms with Crippen LogP contribution in [0.1, 0.15) is 15.9 Å². The number of hydrogen-bond donors (Lipinski definition) is 2. The van der Waals surface area contributed by atoms with Gasteiger partial charge in [-0.3, -0.25) is 4.79 Å². The summed E-state index contributed by atoms with van der Waals surface area (Å²) in [6.45, 7) is 0. The maximum absolute atomic E-state index is 11.7. The Bertz CT molecular complexity index is 634. The van der Waals surface area contributed by atoms with Gasteiger partial charge in [0.25, 0.3) is 5.91 Å². The highest BCUT2D eigenvalue weighted by Gasteiger charge is 2.07. The van der Waals surface area contributed by atoms with Crippen molar-refractivity contribution in [2.75, 3.05) is 0 Å². The predicted octanol–water partition coefficient (Wildman–Crippen LogP) is 2.82. The molecule has 20 heavy (non-hydrogen) atoms. The van der Waals surface area contributed by atoms with Crippen LogP contribution < -0.4 is 5.43 Å². The molecule has 0 aromatic heterocycles. The Kier molecular flexibility index (Phi) is 4.67. The van der Waals surface area contributed by atoms with E-state index in [0.29, 0.717) is 0 Å². The van der Waals surface area contributed by atoms with Gasteiger partial charge >= 0.3 is 0 Å². The van der Waals surface area contributed by atoms with Crippen LogP contribution in [0.4, 0.5) is 0 Å². The molecule has 2 aromatic carbocycles. The third-order valence-electron chi connectivity index (χ3n) is 2.56. The van der Waals surface area contributed by atoms with Crippen molar-refractivity contribution >= 4 is 18.2 Å². The van der Waals surface area contributed by atoms with Crippen molar-refractivity contribution in [2.45, 2.75) is 0 Å². The van der Waals surface area contributed by atoms with Crippen molar-refractivity contribution in [1.29, 1.82) is 0 Å². The maximum Gasteiger partial charge on any atom is 0.275 e. The molecule has 0 atom stereocenters. The Morgan fingerprint density at radius 3 is 2.50 bits per heavy atom. The molecule has 1 amide bonds. The maximum atomic E-state index is 11.7. The highest BCUT2D eigenvalue weighted by atomic mass is 16.3. The van der Waals surface area contributed by atoms with E-state index < -0.39 is 5.91 Å². The van der Waals surface area contributed by atoms with E-state index in [4.69, 9.17) is 0 Å². The second-order valence-corrected chi connectivity index (χ2v) is 4.01. The summed E-state index contributed by atoms with van der Waals surface area (Å²) in [6, 6.07) is 16.1. The lowest BCUT2D eigenvalue weighted by Gasteiger charge is -2.01. The standard InChI is InChI=1S/C16H14N2O2/c19-15-11-5-4-10-14(15)16(20)18-17-12-6-9-13-7-2-1-3-8-13/h1-12,19H,(H,18,20)/b9-6+,17-12-. The van der Waals surface area contributed by atoms with Crippen molar-refractivity contribution < 1.29 is 9.90 Å². The predicted molar refractivity (Wildman–Crippen MR) is 79.5 cm³/mol. The zero-order valence-electron chi connectivity index (χ0n) is 10.7. The molecule has 0 spiro atoms. The molecule has 0 bridgehead atoms. The average Bonchev–Trinajstić information content (AvgIpc) is 2.48. The van der Waals surface area contributed by atoms with E-state index in [1.54, 1.807) is 18.2 Å². The summed E-state index contributed by atoms with van der Waals surface area (Å²) in [7, 11) is 0. The van der Waals surface area contributed by atoms with Crippen molar-refractivity contribution in [3.63, 3.8) is 0 Å². The van der Waals surface area contributed by atoms with Crippen LogP contribution >= 0.6 is 0 Å². The number of nitrogens with zero attached hydrogens (tertiary/aromatic N) is 1. The molecule has 2 aromatic rings. The molecule has 0 aliphatic rings. The van der Waals surface area contributed by atoms with Crippen molar-refractivity contribution in [2.24, 2.45) is 5.10 Å². The Labute approximate surface area is 117 Å². The number of benzene rings is 2. The van der Waals surface area contributed by atoms with Crippen molar-refractivity contribution in [3.8, 4) is 5.75 Å². The number of hydrazone groups is 1. The molecule has 4 heteroatoms. The molecule has 0 aliphatic heterocycles. The number of phenolic OH excluding ortho intramolecular Hbond substituents is 1. The van der Waals surface area contributed by atoms with Crippen LogP contribution in [0.3, 0.4) is 0 Å². The van der Waals surface area contributed by atoms with Crippen molar-refractivity contribution in [1.82, 2.24) is 5.43 Å². The van der Waals surface area contributed by atoms with Gasteiger partial charge in [-0.15, -0.1) is 0 Å². The summed E-state index contributed by atoms with van der Waals surface area (Å²) in [5, 5.41) is 13.3. The minimum atomic E-state index is -0.451. The number of aromatic hydroxyl groups is 1. The number of nitrogens with one attached hydrogen (secondary N) is 1. The Morgan fingerprint density at radius 1 is 1.05 bits per heavy atom. The van der Waals surface area contributed by atoms with Gasteiger partial charge in [-0.1, -0.05) is 48.5 Å². The molecule has 0 fully saturated rings. The smallest absolute Gasteiger partial charge is 0.275 e. The first-order valence-electron chi connectivity index (χ1n) is 6.10. The third kappa shape index (κ3) is 3.81. The molecule has 0 saturated heterocycles. The quantitative estimate of drug-likeness (QED) is 0.660. The van der Waals surface area contributed by atoms with Gasteiger partial charge in [-0.2, -0.15) is 5.10 Å². The van der Waals surface area contributed by atoms with Gasteiger partial charge in [-0.25, -0.2) is 5.43 Å². The lowest BCUT2D eigenvalue weighted by Crippen LogP contribution is -2.17. The molecule has 0 aliphatic carbocycles. The van der Waals surface area contributed by atoms with Crippen LogP contribution in [0, 0.1) is 0 Å². The monoisotopic (exact) mass is 266 g/mol. The van der Waals surface area contributed by atoms with Crippen LogP contribution in [-0.2, 0) is 0 Å². The summed E-state index contributed by atoms with van der Waals surface area (Å²) in [6.07, 6.45) is 5.07. The normalized spacial score (nSPS) is 11.0. The highest BCUT2D eigenvalue weighted by Crippen LogP contribution is 2.14. The lowest BCUT2D eigenvalue weighted by atomic mass is 10.2. The van der Waals surface area contributed by atoms with Gasteiger partial charge in [0, 0.05) is 6.21 Å². The van der Waals surface area contributed by atoms with Gasteiger partial charge < -0.3 is 5.11 Å². The molecule has 100 valence electrons. The number of carbonyl (C=O) groups excluding carboxylic acids is 1. The number of amides is 1. The van der Waals surface area contributed by atoms with Crippen LogP contribution in [0.5, 0.6) is 5.75 Å². The van der Waals surface area contributed by atoms with E-state index in [1.165, 1.54) is 18.3 Å². The summed E-state index contributed by atoms with van der Waals surface area (Å²) in [5.41, 5.74) is 3.58. The summed E-state index contributed by atoms with van der Waals surface area (Å²) >= 11 is 0. The fourth-order valence-electron chi connectivity index (χ4n) is 1.58. The molecular formula is C16H14N2O2. The van der Waals surface area contributed by atoms with Crippen LogP contribution in [-0.4, -0.2) is 17.2 Å². The van der Waals surface area contributed by atoms with Crippen molar-refractivity contribution in [3.05, 3.63) is 71.8 Å². The first-order chi connectivity index (χ1) is 9.77. The average molecular weight is 266 g/mol. The molecule has 2 N–H and O–H groups in total. The number of phenols is 1. The summed E-state index contributed by atoms with van der Waals surface area (Å²) in [4.78, 5) is 11.7. The molecule has 0 saturated carbocycles. The fourth-order valence-corrected chi connectivity index (χ4v) is 1.58. The number of allylic oxidation sites excluding steroid dienone is 1. The molecule has 0 heterocycles. The first-order valence-corrected chi connectivity index (χ1v) is 6.10. The molecule has 2 rings (SSSR count). The highest BCUT2D eigenvalue weighted by molar-refractivity contribution is 5.97. The van der Waals surface area contributed by atoms with E-state index in [9.17, 15) is 9.90 Å². The number of carbonyl (C=O) groups is 1.